The molecule has 0 fully saturated rings. The molecule has 0 aliphatic carbocycles. The number of benzene rings is 2. The van der Waals surface area contributed by atoms with Crippen molar-refractivity contribution in [1.82, 2.24) is 14.8 Å². The standard InChI is InChI=1S/C23H21N3O3/c1-15-9-11-19(12-10-15)26-16(2)13-20(17(26)3)23(27)28-14-21-24-25-22(29-21)18-7-5-4-6-8-18/h4-13H,14H2,1-3H3. The van der Waals surface area contributed by atoms with Gasteiger partial charge in [-0.1, -0.05) is 35.9 Å². The molecule has 0 bridgehead atoms. The number of hydrogen-bond acceptors (Lipinski definition) is 5. The van der Waals surface area contributed by atoms with Crippen LogP contribution in [0.1, 0.15) is 33.2 Å². The van der Waals surface area contributed by atoms with Gasteiger partial charge in [0.15, 0.2) is 6.61 Å². The Labute approximate surface area is 168 Å². The Kier molecular flexibility index (Phi) is 4.99. The van der Waals surface area contributed by atoms with Crippen LogP contribution in [0.3, 0.4) is 0 Å². The van der Waals surface area contributed by atoms with Crippen LogP contribution in [0.15, 0.2) is 65.1 Å². The predicted molar refractivity (Wildman–Crippen MR) is 109 cm³/mol. The van der Waals surface area contributed by atoms with Crippen molar-refractivity contribution < 1.29 is 13.9 Å². The summed E-state index contributed by atoms with van der Waals surface area (Å²) in [5.74, 6) is 0.231. The molecule has 2 aromatic carbocycles. The minimum absolute atomic E-state index is 0.0765. The van der Waals surface area contributed by atoms with Gasteiger partial charge in [0.05, 0.1) is 5.56 Å². The zero-order valence-electron chi connectivity index (χ0n) is 16.5. The highest BCUT2D eigenvalue weighted by atomic mass is 16.5. The molecular weight excluding hydrogens is 366 g/mol. The largest absolute Gasteiger partial charge is 0.452 e. The molecule has 2 heterocycles. The average Bonchev–Trinajstić information content (AvgIpc) is 3.32. The maximum Gasteiger partial charge on any atom is 0.340 e. The van der Waals surface area contributed by atoms with Crippen molar-refractivity contribution in [3.05, 3.63) is 89.1 Å². The lowest BCUT2D eigenvalue weighted by molar-refractivity contribution is 0.0438. The van der Waals surface area contributed by atoms with E-state index in [1.165, 1.54) is 5.56 Å². The second kappa shape index (κ2) is 7.75. The van der Waals surface area contributed by atoms with Gasteiger partial charge in [-0.25, -0.2) is 4.79 Å². The van der Waals surface area contributed by atoms with Crippen LogP contribution >= 0.6 is 0 Å². The Morgan fingerprint density at radius 2 is 1.72 bits per heavy atom. The minimum Gasteiger partial charge on any atom is -0.452 e. The fourth-order valence-corrected chi connectivity index (χ4v) is 3.27. The van der Waals surface area contributed by atoms with Crippen molar-refractivity contribution in [3.8, 4) is 17.1 Å². The molecule has 0 saturated heterocycles. The molecule has 4 rings (SSSR count). The van der Waals surface area contributed by atoms with E-state index in [4.69, 9.17) is 9.15 Å². The maximum absolute atomic E-state index is 12.6. The van der Waals surface area contributed by atoms with Crippen LogP contribution in [0.5, 0.6) is 0 Å². The zero-order chi connectivity index (χ0) is 20.4. The van der Waals surface area contributed by atoms with E-state index in [1.807, 2.05) is 86.0 Å². The smallest absolute Gasteiger partial charge is 0.340 e. The normalized spacial score (nSPS) is 10.9. The molecule has 0 N–H and O–H groups in total. The number of carbonyl (C=O) groups is 1. The van der Waals surface area contributed by atoms with Crippen molar-refractivity contribution in [1.29, 1.82) is 0 Å². The van der Waals surface area contributed by atoms with E-state index in [1.54, 1.807) is 0 Å². The summed E-state index contributed by atoms with van der Waals surface area (Å²) in [6, 6.07) is 19.5. The summed E-state index contributed by atoms with van der Waals surface area (Å²) in [5.41, 5.74) is 5.32. The van der Waals surface area contributed by atoms with E-state index >= 15 is 0 Å². The lowest BCUT2D eigenvalue weighted by Crippen LogP contribution is -2.07. The van der Waals surface area contributed by atoms with Crippen LogP contribution < -0.4 is 0 Å². The molecule has 146 valence electrons. The van der Waals surface area contributed by atoms with Gasteiger partial charge in [-0.2, -0.15) is 0 Å². The van der Waals surface area contributed by atoms with Crippen molar-refractivity contribution in [2.24, 2.45) is 0 Å². The van der Waals surface area contributed by atoms with E-state index in [2.05, 4.69) is 10.2 Å². The van der Waals surface area contributed by atoms with E-state index in [0.717, 1.165) is 22.6 Å². The number of hydrogen-bond donors (Lipinski definition) is 0. The molecule has 0 spiro atoms. The van der Waals surface area contributed by atoms with Gasteiger partial charge in [0, 0.05) is 22.6 Å². The Balaban J connectivity index is 1.49. The minimum atomic E-state index is -0.420. The Morgan fingerprint density at radius 1 is 1.00 bits per heavy atom. The van der Waals surface area contributed by atoms with E-state index in [-0.39, 0.29) is 12.5 Å². The number of nitrogens with zero attached hydrogens (tertiary/aromatic N) is 3. The SMILES string of the molecule is Cc1ccc(-n2c(C)cc(C(=O)OCc3nnc(-c4ccccc4)o3)c2C)cc1. The Bertz CT molecular complexity index is 1140. The Hall–Kier alpha value is -3.67. The third-order valence-electron chi connectivity index (χ3n) is 4.76. The van der Waals surface area contributed by atoms with Crippen LogP contribution in [-0.2, 0) is 11.3 Å². The van der Waals surface area contributed by atoms with E-state index in [9.17, 15) is 4.79 Å². The van der Waals surface area contributed by atoms with Gasteiger partial charge >= 0.3 is 5.97 Å². The van der Waals surface area contributed by atoms with Crippen molar-refractivity contribution >= 4 is 5.97 Å². The van der Waals surface area contributed by atoms with Crippen LogP contribution in [0.4, 0.5) is 0 Å². The fraction of sp³-hybridized carbons (Fsp3) is 0.174. The monoisotopic (exact) mass is 387 g/mol. The summed E-state index contributed by atoms with van der Waals surface area (Å²) in [4.78, 5) is 12.6. The van der Waals surface area contributed by atoms with Crippen LogP contribution in [-0.4, -0.2) is 20.7 Å². The summed E-state index contributed by atoms with van der Waals surface area (Å²) >= 11 is 0. The highest BCUT2D eigenvalue weighted by molar-refractivity contribution is 5.91. The third-order valence-corrected chi connectivity index (χ3v) is 4.76. The summed E-state index contributed by atoms with van der Waals surface area (Å²) in [5, 5.41) is 7.97. The molecule has 0 unspecified atom stereocenters. The second-order valence-electron chi connectivity index (χ2n) is 6.90. The first kappa shape index (κ1) is 18.7. The molecular formula is C23H21N3O3. The molecule has 29 heavy (non-hydrogen) atoms. The number of rotatable bonds is 5. The molecule has 0 aliphatic rings. The number of esters is 1. The third kappa shape index (κ3) is 3.82. The lowest BCUT2D eigenvalue weighted by atomic mass is 10.2. The summed E-state index contributed by atoms with van der Waals surface area (Å²) < 4.78 is 13.0. The topological polar surface area (TPSA) is 70.2 Å². The van der Waals surface area contributed by atoms with Gasteiger partial charge < -0.3 is 13.7 Å². The molecule has 0 saturated carbocycles. The zero-order valence-corrected chi connectivity index (χ0v) is 16.5. The number of aromatic nitrogens is 3. The highest BCUT2D eigenvalue weighted by Gasteiger charge is 2.19. The number of carbonyl (C=O) groups excluding carboxylic acids is 1. The van der Waals surface area contributed by atoms with Gasteiger partial charge in [-0.15, -0.1) is 10.2 Å². The molecule has 6 nitrogen and oxygen atoms in total. The van der Waals surface area contributed by atoms with E-state index < -0.39 is 5.97 Å². The highest BCUT2D eigenvalue weighted by Crippen LogP contribution is 2.23. The summed E-state index contributed by atoms with van der Waals surface area (Å²) in [6.45, 7) is 5.84. The average molecular weight is 387 g/mol. The quantitative estimate of drug-likeness (QED) is 0.460. The van der Waals surface area contributed by atoms with Crippen LogP contribution in [0, 0.1) is 20.8 Å². The van der Waals surface area contributed by atoms with Crippen LogP contribution in [0.25, 0.3) is 17.1 Å². The van der Waals surface area contributed by atoms with Gasteiger partial charge in [0.1, 0.15) is 0 Å². The molecule has 4 aromatic rings. The first-order chi connectivity index (χ1) is 14.0. The summed E-state index contributed by atoms with van der Waals surface area (Å²) in [7, 11) is 0. The second-order valence-corrected chi connectivity index (χ2v) is 6.90. The predicted octanol–water partition coefficient (Wildman–Crippen LogP) is 4.81. The molecule has 0 aliphatic heterocycles. The first-order valence-electron chi connectivity index (χ1n) is 9.34. The van der Waals surface area contributed by atoms with Crippen molar-refractivity contribution in [3.63, 3.8) is 0 Å². The fourth-order valence-electron chi connectivity index (χ4n) is 3.27. The first-order valence-corrected chi connectivity index (χ1v) is 9.34. The van der Waals surface area contributed by atoms with Crippen molar-refractivity contribution in [2.75, 3.05) is 0 Å². The maximum atomic E-state index is 12.6. The molecule has 2 aromatic heterocycles. The van der Waals surface area contributed by atoms with Gasteiger partial charge in [0.2, 0.25) is 5.89 Å². The molecule has 6 heteroatoms. The Morgan fingerprint density at radius 3 is 2.45 bits per heavy atom. The summed E-state index contributed by atoms with van der Waals surface area (Å²) in [6.07, 6.45) is 0. The van der Waals surface area contributed by atoms with Gasteiger partial charge in [-0.05, 0) is 51.1 Å². The molecule has 0 amide bonds. The lowest BCUT2D eigenvalue weighted by Gasteiger charge is -2.10. The van der Waals surface area contributed by atoms with E-state index in [0.29, 0.717) is 11.5 Å². The van der Waals surface area contributed by atoms with Crippen molar-refractivity contribution in [2.45, 2.75) is 27.4 Å². The number of ether oxygens (including phenoxy) is 1. The molecule has 0 radical (unpaired) electrons. The van der Waals surface area contributed by atoms with Crippen LogP contribution in [0.2, 0.25) is 0 Å². The van der Waals surface area contributed by atoms with Gasteiger partial charge in [-0.3, -0.25) is 0 Å². The molecule has 0 atom stereocenters. The van der Waals surface area contributed by atoms with Gasteiger partial charge in [0.25, 0.3) is 5.89 Å². The number of aryl methyl sites for hydroxylation is 2.